The van der Waals surface area contributed by atoms with E-state index in [2.05, 4.69) is 20.8 Å². The number of carbonyl (C=O) groups is 2. The van der Waals surface area contributed by atoms with Crippen LogP contribution in [-0.4, -0.2) is 70.1 Å². The average Bonchev–Trinajstić information content (AvgIpc) is 3.28. The summed E-state index contributed by atoms with van der Waals surface area (Å²) in [7, 11) is 0. The summed E-state index contributed by atoms with van der Waals surface area (Å²) in [5.74, 6) is -2.44. The van der Waals surface area contributed by atoms with Gasteiger partial charge in [-0.1, -0.05) is 33.8 Å². The van der Waals surface area contributed by atoms with Crippen molar-refractivity contribution in [2.24, 2.45) is 34.0 Å². The fourth-order valence-electron chi connectivity index (χ4n) is 8.53. The second kappa shape index (κ2) is 8.01. The fourth-order valence-corrected chi connectivity index (χ4v) is 8.53. The summed E-state index contributed by atoms with van der Waals surface area (Å²) >= 11 is 0. The van der Waals surface area contributed by atoms with Gasteiger partial charge >= 0.3 is 0 Å². The lowest BCUT2D eigenvalue weighted by atomic mass is 9.44. The van der Waals surface area contributed by atoms with Crippen molar-refractivity contribution < 1.29 is 33.4 Å². The van der Waals surface area contributed by atoms with Crippen LogP contribution < -0.4 is 0 Å². The van der Waals surface area contributed by atoms with Gasteiger partial charge in [-0.05, 0) is 61.7 Å². The number of fused-ring (bicyclic) bond motifs is 7. The number of hydrogen-bond donors (Lipinski definition) is 2. The van der Waals surface area contributed by atoms with Crippen molar-refractivity contribution in [1.29, 1.82) is 0 Å². The highest BCUT2D eigenvalue weighted by molar-refractivity contribution is 6.01. The summed E-state index contributed by atoms with van der Waals surface area (Å²) in [4.78, 5) is 31.9. The smallest absolute Gasteiger partial charge is 0.192 e. The summed E-state index contributed by atoms with van der Waals surface area (Å²) in [6, 6.07) is 0. The Morgan fingerprint density at radius 2 is 1.94 bits per heavy atom. The van der Waals surface area contributed by atoms with Gasteiger partial charge in [0, 0.05) is 35.8 Å². The summed E-state index contributed by atoms with van der Waals surface area (Å²) in [6.45, 7) is 10.2. The molecule has 1 unspecified atom stereocenters. The summed E-state index contributed by atoms with van der Waals surface area (Å²) in [5, 5.41) is 23.3. The van der Waals surface area contributed by atoms with E-state index in [0.717, 1.165) is 6.42 Å². The minimum absolute atomic E-state index is 0.0539. The number of rotatable bonds is 4. The monoisotopic (exact) mass is 507 g/mol. The SMILES string of the molecule is CC(C)(C)CCN1C[C@@H]2C[C@H]3[C@@H]4C[C@H](F)C5=CC(=O)C=C[C@]5(C)[C@@]4(F)[C@@H](O)C[C@]3(C)C2(C(=O)CO)O1. The zero-order valence-corrected chi connectivity index (χ0v) is 21.9. The van der Waals surface area contributed by atoms with E-state index in [9.17, 15) is 19.8 Å². The zero-order valence-electron chi connectivity index (χ0n) is 21.9. The second-order valence-electron chi connectivity index (χ2n) is 13.4. The molecule has 0 radical (unpaired) electrons. The number of carbonyl (C=O) groups excluding carboxylic acids is 2. The van der Waals surface area contributed by atoms with Crippen molar-refractivity contribution in [3.63, 3.8) is 0 Å². The van der Waals surface area contributed by atoms with Crippen LogP contribution in [0.1, 0.15) is 60.3 Å². The first-order valence-electron chi connectivity index (χ1n) is 13.2. The Morgan fingerprint density at radius 1 is 1.25 bits per heavy atom. The van der Waals surface area contributed by atoms with Crippen LogP contribution in [-0.2, 0) is 14.4 Å². The molecule has 0 amide bonds. The van der Waals surface area contributed by atoms with Gasteiger partial charge in [0.2, 0.25) is 0 Å². The number of aliphatic hydroxyl groups is 2. The number of hydrogen-bond acceptors (Lipinski definition) is 6. The van der Waals surface area contributed by atoms with Crippen molar-refractivity contribution in [2.75, 3.05) is 19.7 Å². The lowest BCUT2D eigenvalue weighted by Gasteiger charge is -2.63. The molecule has 1 saturated heterocycles. The fraction of sp³-hybridized carbons (Fsp3) is 0.786. The highest BCUT2D eigenvalue weighted by Gasteiger charge is 2.79. The second-order valence-corrected chi connectivity index (χ2v) is 13.4. The van der Waals surface area contributed by atoms with Crippen molar-refractivity contribution >= 4 is 11.6 Å². The highest BCUT2D eigenvalue weighted by Crippen LogP contribution is 2.72. The van der Waals surface area contributed by atoms with Gasteiger partial charge in [-0.3, -0.25) is 14.4 Å². The number of allylic oxidation sites excluding steroid dienone is 4. The molecule has 6 nitrogen and oxygen atoms in total. The maximum atomic E-state index is 17.3. The third-order valence-electron chi connectivity index (χ3n) is 10.3. The van der Waals surface area contributed by atoms with E-state index in [1.165, 1.54) is 18.2 Å². The van der Waals surface area contributed by atoms with E-state index in [-0.39, 0.29) is 35.5 Å². The minimum Gasteiger partial charge on any atom is -0.390 e. The van der Waals surface area contributed by atoms with Crippen molar-refractivity contribution in [2.45, 2.75) is 83.8 Å². The number of alkyl halides is 2. The van der Waals surface area contributed by atoms with Crippen LogP contribution in [0.5, 0.6) is 0 Å². The largest absolute Gasteiger partial charge is 0.390 e. The van der Waals surface area contributed by atoms with Crippen LogP contribution in [0.3, 0.4) is 0 Å². The van der Waals surface area contributed by atoms with Gasteiger partial charge in [0.25, 0.3) is 0 Å². The molecule has 9 atom stereocenters. The van der Waals surface area contributed by atoms with Crippen molar-refractivity contribution in [1.82, 2.24) is 5.06 Å². The topological polar surface area (TPSA) is 87.1 Å². The van der Waals surface area contributed by atoms with Gasteiger partial charge in [-0.15, -0.1) is 0 Å². The Labute approximate surface area is 211 Å². The third-order valence-corrected chi connectivity index (χ3v) is 10.3. The van der Waals surface area contributed by atoms with Crippen LogP contribution in [0.4, 0.5) is 8.78 Å². The van der Waals surface area contributed by atoms with E-state index in [1.807, 2.05) is 6.92 Å². The summed E-state index contributed by atoms with van der Waals surface area (Å²) < 4.78 is 33.0. The molecule has 4 fully saturated rings. The quantitative estimate of drug-likeness (QED) is 0.606. The average molecular weight is 508 g/mol. The molecular formula is C28H39F2NO5. The Kier molecular flexibility index (Phi) is 5.82. The van der Waals surface area contributed by atoms with Crippen LogP contribution in [0.2, 0.25) is 0 Å². The molecule has 0 aromatic heterocycles. The third kappa shape index (κ3) is 3.20. The molecule has 0 aromatic rings. The minimum atomic E-state index is -2.20. The first-order valence-corrected chi connectivity index (χ1v) is 13.2. The molecule has 0 bridgehead atoms. The van der Waals surface area contributed by atoms with Crippen LogP contribution >= 0.6 is 0 Å². The molecule has 4 aliphatic carbocycles. The zero-order chi connectivity index (χ0) is 26.5. The lowest BCUT2D eigenvalue weighted by Crippen LogP contribution is -2.70. The summed E-state index contributed by atoms with van der Waals surface area (Å²) in [6.07, 6.45) is 1.90. The highest BCUT2D eigenvalue weighted by atomic mass is 19.1. The molecule has 200 valence electrons. The van der Waals surface area contributed by atoms with E-state index >= 15 is 8.78 Å². The van der Waals surface area contributed by atoms with Gasteiger partial charge < -0.3 is 10.2 Å². The molecule has 1 aliphatic heterocycles. The molecule has 8 heteroatoms. The number of aliphatic hydroxyl groups excluding tert-OH is 2. The first kappa shape index (κ1) is 26.1. The molecule has 1 heterocycles. The molecule has 2 N–H and O–H groups in total. The molecule has 36 heavy (non-hydrogen) atoms. The van der Waals surface area contributed by atoms with Gasteiger partial charge in [0.15, 0.2) is 22.8 Å². The molecule has 3 saturated carbocycles. The lowest BCUT2D eigenvalue weighted by molar-refractivity contribution is -0.268. The molecule has 0 aromatic carbocycles. The van der Waals surface area contributed by atoms with Crippen LogP contribution in [0.25, 0.3) is 0 Å². The van der Waals surface area contributed by atoms with E-state index in [1.54, 1.807) is 12.0 Å². The Bertz CT molecular complexity index is 1040. The van der Waals surface area contributed by atoms with Crippen molar-refractivity contribution in [3.8, 4) is 0 Å². The first-order chi connectivity index (χ1) is 16.6. The number of nitrogens with zero attached hydrogens (tertiary/aromatic N) is 1. The van der Waals surface area contributed by atoms with Crippen molar-refractivity contribution in [3.05, 3.63) is 23.8 Å². The van der Waals surface area contributed by atoms with Gasteiger partial charge in [0.05, 0.1) is 6.10 Å². The number of Topliss-reactive ketones (excluding diaryl/α,β-unsaturated/α-hetero) is 1. The van der Waals surface area contributed by atoms with E-state index in [4.69, 9.17) is 4.84 Å². The normalized spacial score (nSPS) is 48.2. The van der Waals surface area contributed by atoms with Gasteiger partial charge in [-0.2, -0.15) is 5.06 Å². The number of halogens is 2. The predicted molar refractivity (Wildman–Crippen MR) is 129 cm³/mol. The number of hydroxylamine groups is 2. The standard InChI is InChI=1S/C28H39F2NO5/c1-24(2,3)8-9-31-14-16-10-18-19-12-21(29)20-11-17(33)6-7-25(20,4)27(19,30)22(34)13-26(18,5)28(16,36-31)23(35)15-32/h6-7,11,16,18-19,21-22,32,34H,8-10,12-15H2,1-5H3/t16-,18-,19-,21-,22-,25-,26-,27-,28?/m0/s1. The maximum Gasteiger partial charge on any atom is 0.192 e. The Hall–Kier alpha value is -1.48. The van der Waals surface area contributed by atoms with Gasteiger partial charge in [-0.25, -0.2) is 8.78 Å². The molecule has 5 aliphatic rings. The molecular weight excluding hydrogens is 468 g/mol. The van der Waals surface area contributed by atoms with Crippen LogP contribution in [0.15, 0.2) is 23.8 Å². The summed E-state index contributed by atoms with van der Waals surface area (Å²) in [5.41, 5.74) is -5.90. The number of ketones is 2. The van der Waals surface area contributed by atoms with E-state index in [0.29, 0.717) is 19.5 Å². The molecule has 5 rings (SSSR count). The predicted octanol–water partition coefficient (Wildman–Crippen LogP) is 3.51. The van der Waals surface area contributed by atoms with E-state index < -0.39 is 58.6 Å². The van der Waals surface area contributed by atoms with Gasteiger partial charge in [0.1, 0.15) is 12.8 Å². The van der Waals surface area contributed by atoms with Crippen LogP contribution in [0, 0.1) is 34.0 Å². The molecule has 0 spiro atoms. The maximum absolute atomic E-state index is 17.3. The Balaban J connectivity index is 1.55. The Morgan fingerprint density at radius 3 is 2.58 bits per heavy atom.